The minimum Gasteiger partial charge on any atom is -0.480 e. The van der Waals surface area contributed by atoms with Gasteiger partial charge in [-0.2, -0.15) is 0 Å². The summed E-state index contributed by atoms with van der Waals surface area (Å²) in [6, 6.07) is -0.280. The van der Waals surface area contributed by atoms with Gasteiger partial charge in [0.05, 0.1) is 0 Å². The van der Waals surface area contributed by atoms with Gasteiger partial charge in [-0.15, -0.1) is 0 Å². The van der Waals surface area contributed by atoms with Gasteiger partial charge < -0.3 is 20.1 Å². The second-order valence-corrected chi connectivity index (χ2v) is 4.54. The molecule has 0 aliphatic heterocycles. The van der Waals surface area contributed by atoms with Gasteiger partial charge in [-0.25, -0.2) is 0 Å². The van der Waals surface area contributed by atoms with Crippen LogP contribution in [0.4, 0.5) is 5.82 Å². The normalized spacial score (nSPS) is 10.6. The molecule has 0 aliphatic rings. The monoisotopic (exact) mass is 284 g/mol. The Balaban J connectivity index is 2.87. The zero-order valence-corrected chi connectivity index (χ0v) is 11.4. The first kappa shape index (κ1) is 15.6. The lowest BCUT2D eigenvalue weighted by Gasteiger charge is -2.24. The number of aromatic nitrogens is 2. The number of imidazole rings is 1. The maximum Gasteiger partial charge on any atom is 0.381 e. The molecule has 0 radical (unpaired) electrons. The third-order valence-electron chi connectivity index (χ3n) is 2.71. The molecule has 1 aromatic rings. The summed E-state index contributed by atoms with van der Waals surface area (Å²) in [5, 5.41) is 19.4. The van der Waals surface area contributed by atoms with Crippen LogP contribution in [0, 0.1) is 17.0 Å². The van der Waals surface area contributed by atoms with Crippen molar-refractivity contribution in [2.75, 3.05) is 6.54 Å². The Morgan fingerprint density at radius 2 is 2.15 bits per heavy atom. The van der Waals surface area contributed by atoms with Crippen LogP contribution in [0.5, 0.6) is 0 Å². The van der Waals surface area contributed by atoms with Gasteiger partial charge >= 0.3 is 11.8 Å². The molecule has 1 N–H and O–H groups in total. The highest BCUT2D eigenvalue weighted by atomic mass is 16.6. The Bertz CT molecular complexity index is 537. The number of aliphatic carboxylic acids is 1. The van der Waals surface area contributed by atoms with E-state index in [1.54, 1.807) is 13.8 Å². The van der Waals surface area contributed by atoms with Crippen molar-refractivity contribution in [3.05, 3.63) is 22.1 Å². The number of carbonyl (C=O) groups is 2. The first-order valence-corrected chi connectivity index (χ1v) is 5.91. The van der Waals surface area contributed by atoms with E-state index >= 15 is 0 Å². The molecule has 0 spiro atoms. The largest absolute Gasteiger partial charge is 0.480 e. The van der Waals surface area contributed by atoms with Crippen LogP contribution >= 0.6 is 0 Å². The van der Waals surface area contributed by atoms with Gasteiger partial charge in [-0.3, -0.25) is 14.2 Å². The van der Waals surface area contributed by atoms with Crippen molar-refractivity contribution in [1.82, 2.24) is 14.5 Å². The van der Waals surface area contributed by atoms with Gasteiger partial charge in [-0.05, 0) is 23.8 Å². The van der Waals surface area contributed by atoms with Crippen molar-refractivity contribution in [2.45, 2.75) is 33.4 Å². The summed E-state index contributed by atoms with van der Waals surface area (Å²) >= 11 is 0. The molecule has 0 saturated carbocycles. The number of amides is 1. The number of hydrogen-bond donors (Lipinski definition) is 1. The molecule has 0 aromatic carbocycles. The van der Waals surface area contributed by atoms with E-state index in [1.165, 1.54) is 16.4 Å². The van der Waals surface area contributed by atoms with Crippen molar-refractivity contribution in [1.29, 1.82) is 0 Å². The minimum absolute atomic E-state index is 0.182. The minimum atomic E-state index is -1.11. The fourth-order valence-electron chi connectivity index (χ4n) is 1.68. The highest BCUT2D eigenvalue weighted by molar-refractivity contribution is 5.81. The lowest BCUT2D eigenvalue weighted by atomic mass is 10.3. The van der Waals surface area contributed by atoms with E-state index < -0.39 is 23.3 Å². The van der Waals surface area contributed by atoms with Gasteiger partial charge in [0.25, 0.3) is 0 Å². The number of carboxylic acids is 1. The number of hydrogen-bond acceptors (Lipinski definition) is 5. The summed E-state index contributed by atoms with van der Waals surface area (Å²) in [4.78, 5) is 37.6. The fraction of sp³-hybridized carbons (Fsp3) is 0.545. The van der Waals surface area contributed by atoms with Gasteiger partial charge in [-0.1, -0.05) is 0 Å². The van der Waals surface area contributed by atoms with E-state index in [2.05, 4.69) is 4.98 Å². The third kappa shape index (κ3) is 3.77. The van der Waals surface area contributed by atoms with E-state index in [9.17, 15) is 19.7 Å². The Kier molecular flexibility index (Phi) is 4.78. The molecule has 0 bridgehead atoms. The number of nitrogens with zero attached hydrogens (tertiary/aromatic N) is 4. The third-order valence-corrected chi connectivity index (χ3v) is 2.71. The van der Waals surface area contributed by atoms with Crippen molar-refractivity contribution in [3.8, 4) is 0 Å². The Morgan fingerprint density at radius 3 is 2.55 bits per heavy atom. The number of nitro groups is 1. The van der Waals surface area contributed by atoms with Crippen molar-refractivity contribution >= 4 is 17.7 Å². The van der Waals surface area contributed by atoms with Gasteiger partial charge in [0, 0.05) is 13.0 Å². The number of carbonyl (C=O) groups excluding carboxylic acids is 1. The standard InChI is InChI=1S/C11H16N4O5/c1-7(2)14(6-11(17)18)10(16)5-13-4-9(15(19)20)12-8(13)3/h4,7H,5-6H2,1-3H3,(H,17,18). The molecule has 0 fully saturated rings. The van der Waals surface area contributed by atoms with E-state index in [0.717, 1.165) is 6.20 Å². The number of aryl methyl sites for hydroxylation is 1. The average molecular weight is 284 g/mol. The Labute approximate surface area is 115 Å². The van der Waals surface area contributed by atoms with Crippen LogP contribution in [0.1, 0.15) is 19.7 Å². The highest BCUT2D eigenvalue weighted by Crippen LogP contribution is 2.11. The Hall–Kier alpha value is -2.45. The molecule has 0 saturated heterocycles. The van der Waals surface area contributed by atoms with Crippen molar-refractivity contribution in [2.24, 2.45) is 0 Å². The lowest BCUT2D eigenvalue weighted by molar-refractivity contribution is -0.389. The van der Waals surface area contributed by atoms with Crippen LogP contribution in [0.3, 0.4) is 0 Å². The molecule has 1 rings (SSSR count). The van der Waals surface area contributed by atoms with Crippen LogP contribution < -0.4 is 0 Å². The predicted octanol–water partition coefficient (Wildman–Crippen LogP) is 0.421. The summed E-state index contributed by atoms with van der Waals surface area (Å²) in [5.41, 5.74) is 0. The highest BCUT2D eigenvalue weighted by Gasteiger charge is 2.23. The van der Waals surface area contributed by atoms with Gasteiger partial charge in [0.2, 0.25) is 11.7 Å². The summed E-state index contributed by atoms with van der Waals surface area (Å²) < 4.78 is 1.33. The maximum atomic E-state index is 12.1. The molecule has 1 heterocycles. The van der Waals surface area contributed by atoms with Crippen LogP contribution in [0.2, 0.25) is 0 Å². The second kappa shape index (κ2) is 6.13. The van der Waals surface area contributed by atoms with E-state index in [1.807, 2.05) is 0 Å². The number of rotatable bonds is 6. The summed E-state index contributed by atoms with van der Waals surface area (Å²) in [6.45, 7) is 4.34. The SMILES string of the molecule is Cc1nc([N+](=O)[O-])cn1CC(=O)N(CC(=O)O)C(C)C. The topological polar surface area (TPSA) is 119 Å². The van der Waals surface area contributed by atoms with Crippen LogP contribution in [-0.2, 0) is 16.1 Å². The molecule has 1 aromatic heterocycles. The summed E-state index contributed by atoms with van der Waals surface area (Å²) in [6.07, 6.45) is 1.16. The van der Waals surface area contributed by atoms with Crippen molar-refractivity contribution < 1.29 is 19.6 Å². The first-order valence-electron chi connectivity index (χ1n) is 5.91. The maximum absolute atomic E-state index is 12.1. The molecular formula is C11H16N4O5. The molecule has 0 aliphatic carbocycles. The second-order valence-electron chi connectivity index (χ2n) is 4.54. The smallest absolute Gasteiger partial charge is 0.381 e. The summed E-state index contributed by atoms with van der Waals surface area (Å²) in [7, 11) is 0. The zero-order chi connectivity index (χ0) is 15.4. The molecule has 9 nitrogen and oxygen atoms in total. The molecule has 0 unspecified atom stereocenters. The molecule has 20 heavy (non-hydrogen) atoms. The first-order chi connectivity index (χ1) is 9.22. The molecular weight excluding hydrogens is 268 g/mol. The summed E-state index contributed by atoms with van der Waals surface area (Å²) in [5.74, 6) is -1.56. The average Bonchev–Trinajstić information content (AvgIpc) is 2.67. The van der Waals surface area contributed by atoms with Gasteiger partial charge in [0.1, 0.15) is 19.3 Å². The van der Waals surface area contributed by atoms with Crippen LogP contribution in [0.15, 0.2) is 6.20 Å². The van der Waals surface area contributed by atoms with Crippen LogP contribution in [0.25, 0.3) is 0 Å². The quantitative estimate of drug-likeness (QED) is 0.597. The lowest BCUT2D eigenvalue weighted by Crippen LogP contribution is -2.42. The fourth-order valence-corrected chi connectivity index (χ4v) is 1.68. The molecule has 0 atom stereocenters. The van der Waals surface area contributed by atoms with E-state index in [0.29, 0.717) is 5.82 Å². The van der Waals surface area contributed by atoms with Crippen molar-refractivity contribution in [3.63, 3.8) is 0 Å². The van der Waals surface area contributed by atoms with E-state index in [-0.39, 0.29) is 18.4 Å². The Morgan fingerprint density at radius 1 is 1.55 bits per heavy atom. The zero-order valence-electron chi connectivity index (χ0n) is 11.4. The predicted molar refractivity (Wildman–Crippen MR) is 68.1 cm³/mol. The molecule has 1 amide bonds. The molecule has 9 heteroatoms. The van der Waals surface area contributed by atoms with E-state index in [4.69, 9.17) is 5.11 Å². The number of carboxylic acid groups (broad SMARTS) is 1. The van der Waals surface area contributed by atoms with Crippen LogP contribution in [-0.4, -0.2) is 48.9 Å². The molecule has 110 valence electrons. The van der Waals surface area contributed by atoms with Gasteiger partial charge in [0.15, 0.2) is 0 Å².